The smallest absolute Gasteiger partial charge is 0.427 e. The first-order valence-electron chi connectivity index (χ1n) is 3.30. The van der Waals surface area contributed by atoms with Crippen molar-refractivity contribution in [2.45, 2.75) is 6.32 Å². The molecule has 0 radical (unpaired) electrons. The van der Waals surface area contributed by atoms with Gasteiger partial charge in [0.25, 0.3) is 0 Å². The first kappa shape index (κ1) is 8.01. The van der Waals surface area contributed by atoms with Gasteiger partial charge in [0.15, 0.2) is 0 Å². The normalized spacial score (nSPS) is 21.0. The van der Waals surface area contributed by atoms with Gasteiger partial charge in [-0.1, -0.05) is 0 Å². The molecular weight excluding hydrogens is 135 g/mol. The van der Waals surface area contributed by atoms with Gasteiger partial charge < -0.3 is 19.5 Å². The number of ether oxygens (including phenoxy) is 2. The average Bonchev–Trinajstić information content (AvgIpc) is 1.88. The molecule has 0 spiro atoms. The van der Waals surface area contributed by atoms with Gasteiger partial charge in [0, 0.05) is 5.92 Å². The summed E-state index contributed by atoms with van der Waals surface area (Å²) in [6.45, 7) is 1.47. The molecular formula is C5H11BO4. The number of hydrogen-bond donors (Lipinski definition) is 2. The van der Waals surface area contributed by atoms with Gasteiger partial charge in [-0.05, 0) is 6.32 Å². The Bertz CT molecular complexity index is 91.6. The maximum atomic E-state index is 8.55. The van der Waals surface area contributed by atoms with Crippen molar-refractivity contribution < 1.29 is 19.5 Å². The van der Waals surface area contributed by atoms with Gasteiger partial charge >= 0.3 is 7.12 Å². The van der Waals surface area contributed by atoms with Crippen LogP contribution in [0.15, 0.2) is 0 Å². The van der Waals surface area contributed by atoms with Gasteiger partial charge in [-0.25, -0.2) is 0 Å². The molecule has 1 fully saturated rings. The van der Waals surface area contributed by atoms with Crippen molar-refractivity contribution in [3.63, 3.8) is 0 Å². The minimum atomic E-state index is -1.24. The van der Waals surface area contributed by atoms with Crippen molar-refractivity contribution in [2.75, 3.05) is 20.0 Å². The molecule has 10 heavy (non-hydrogen) atoms. The van der Waals surface area contributed by atoms with E-state index in [-0.39, 0.29) is 5.92 Å². The van der Waals surface area contributed by atoms with Gasteiger partial charge in [-0.15, -0.1) is 0 Å². The molecule has 1 aliphatic rings. The average molecular weight is 146 g/mol. The zero-order valence-electron chi connectivity index (χ0n) is 5.69. The lowest BCUT2D eigenvalue weighted by molar-refractivity contribution is -0.122. The van der Waals surface area contributed by atoms with E-state index in [1.54, 1.807) is 0 Å². The molecule has 0 bridgehead atoms. The molecule has 0 saturated carbocycles. The molecule has 0 aromatic rings. The van der Waals surface area contributed by atoms with E-state index in [0.29, 0.717) is 26.3 Å². The maximum Gasteiger partial charge on any atom is 0.451 e. The summed E-state index contributed by atoms with van der Waals surface area (Å²) in [6.07, 6.45) is 0.333. The maximum absolute atomic E-state index is 8.55. The fraction of sp³-hybridized carbons (Fsp3) is 1.00. The molecule has 0 aromatic heterocycles. The van der Waals surface area contributed by atoms with Crippen molar-refractivity contribution in [1.29, 1.82) is 0 Å². The third kappa shape index (κ3) is 2.66. The first-order chi connectivity index (χ1) is 4.79. The van der Waals surface area contributed by atoms with Crippen molar-refractivity contribution in [2.24, 2.45) is 5.92 Å². The number of hydrogen-bond acceptors (Lipinski definition) is 4. The molecule has 0 amide bonds. The van der Waals surface area contributed by atoms with E-state index < -0.39 is 7.12 Å². The largest absolute Gasteiger partial charge is 0.451 e. The molecule has 0 atom stereocenters. The lowest BCUT2D eigenvalue weighted by atomic mass is 9.79. The molecule has 0 aromatic carbocycles. The van der Waals surface area contributed by atoms with Crippen molar-refractivity contribution in [1.82, 2.24) is 0 Å². The number of rotatable bonds is 2. The van der Waals surface area contributed by atoms with Crippen molar-refractivity contribution in [3.05, 3.63) is 0 Å². The Kier molecular flexibility index (Phi) is 3.14. The molecule has 5 heteroatoms. The molecule has 2 N–H and O–H groups in total. The van der Waals surface area contributed by atoms with Crippen LogP contribution in [0.5, 0.6) is 0 Å². The zero-order valence-corrected chi connectivity index (χ0v) is 5.69. The van der Waals surface area contributed by atoms with Gasteiger partial charge in [0.05, 0.1) is 13.2 Å². The molecule has 58 valence electrons. The van der Waals surface area contributed by atoms with Crippen LogP contribution in [0.25, 0.3) is 0 Å². The summed E-state index contributed by atoms with van der Waals surface area (Å²) in [7, 11) is -1.24. The van der Waals surface area contributed by atoms with Crippen molar-refractivity contribution in [3.8, 4) is 0 Å². The predicted molar refractivity (Wildman–Crippen MR) is 35.3 cm³/mol. The quantitative estimate of drug-likeness (QED) is 0.494. The summed E-state index contributed by atoms with van der Waals surface area (Å²) in [4.78, 5) is 0. The van der Waals surface area contributed by atoms with Gasteiger partial charge in [0.2, 0.25) is 0 Å². The van der Waals surface area contributed by atoms with E-state index in [0.717, 1.165) is 0 Å². The van der Waals surface area contributed by atoms with E-state index in [1.165, 1.54) is 0 Å². The minimum Gasteiger partial charge on any atom is -0.427 e. The zero-order chi connectivity index (χ0) is 7.40. The third-order valence-corrected chi connectivity index (χ3v) is 1.42. The van der Waals surface area contributed by atoms with E-state index >= 15 is 0 Å². The lowest BCUT2D eigenvalue weighted by Crippen LogP contribution is -2.28. The molecule has 1 rings (SSSR count). The summed E-state index contributed by atoms with van der Waals surface area (Å²) in [6, 6.07) is 0. The summed E-state index contributed by atoms with van der Waals surface area (Å²) < 4.78 is 9.88. The van der Waals surface area contributed by atoms with Gasteiger partial charge in [-0.3, -0.25) is 0 Å². The highest BCUT2D eigenvalue weighted by Crippen LogP contribution is 2.10. The van der Waals surface area contributed by atoms with E-state index in [2.05, 4.69) is 0 Å². The van der Waals surface area contributed by atoms with Crippen LogP contribution >= 0.6 is 0 Å². The second-order valence-electron chi connectivity index (χ2n) is 2.44. The molecule has 0 unspecified atom stereocenters. The standard InChI is InChI=1S/C5H11BO4/c7-6(8)1-5-2-9-4-10-3-5/h5,7-8H,1-4H2. The van der Waals surface area contributed by atoms with Gasteiger partial charge in [-0.2, -0.15) is 0 Å². The highest BCUT2D eigenvalue weighted by atomic mass is 16.7. The Hall–Kier alpha value is -0.0951. The van der Waals surface area contributed by atoms with Crippen LogP contribution in [-0.2, 0) is 9.47 Å². The van der Waals surface area contributed by atoms with E-state index in [9.17, 15) is 0 Å². The van der Waals surface area contributed by atoms with Crippen LogP contribution < -0.4 is 0 Å². The highest BCUT2D eigenvalue weighted by molar-refractivity contribution is 6.41. The molecule has 1 aliphatic heterocycles. The summed E-state index contributed by atoms with van der Waals surface area (Å²) in [5, 5.41) is 17.1. The molecule has 0 aliphatic carbocycles. The minimum absolute atomic E-state index is 0.133. The van der Waals surface area contributed by atoms with Gasteiger partial charge in [0.1, 0.15) is 6.79 Å². The van der Waals surface area contributed by atoms with Crippen LogP contribution in [-0.4, -0.2) is 37.2 Å². The lowest BCUT2D eigenvalue weighted by Gasteiger charge is -2.21. The van der Waals surface area contributed by atoms with Crippen LogP contribution in [0.1, 0.15) is 0 Å². The van der Waals surface area contributed by atoms with Crippen LogP contribution in [0.3, 0.4) is 0 Å². The van der Waals surface area contributed by atoms with E-state index in [1.807, 2.05) is 0 Å². The topological polar surface area (TPSA) is 58.9 Å². The fourth-order valence-corrected chi connectivity index (χ4v) is 0.971. The highest BCUT2D eigenvalue weighted by Gasteiger charge is 2.20. The Labute approximate surface area is 59.9 Å². The predicted octanol–water partition coefficient (Wildman–Crippen LogP) is -0.920. The Morgan fingerprint density at radius 2 is 1.90 bits per heavy atom. The molecule has 1 saturated heterocycles. The summed E-state index contributed by atoms with van der Waals surface area (Å²) in [5.41, 5.74) is 0. The monoisotopic (exact) mass is 146 g/mol. The second kappa shape index (κ2) is 3.93. The SMILES string of the molecule is OB(O)CC1COCOC1. The Morgan fingerprint density at radius 3 is 2.40 bits per heavy atom. The Balaban J connectivity index is 2.13. The van der Waals surface area contributed by atoms with Crippen LogP contribution in [0, 0.1) is 5.92 Å². The van der Waals surface area contributed by atoms with Crippen LogP contribution in [0.4, 0.5) is 0 Å². The Morgan fingerprint density at radius 1 is 1.30 bits per heavy atom. The van der Waals surface area contributed by atoms with E-state index in [4.69, 9.17) is 19.5 Å². The molecule has 1 heterocycles. The third-order valence-electron chi connectivity index (χ3n) is 1.42. The summed E-state index contributed by atoms with van der Waals surface area (Å²) >= 11 is 0. The first-order valence-corrected chi connectivity index (χ1v) is 3.30. The van der Waals surface area contributed by atoms with Crippen molar-refractivity contribution >= 4 is 7.12 Å². The fourth-order valence-electron chi connectivity index (χ4n) is 0.971. The van der Waals surface area contributed by atoms with Crippen LogP contribution in [0.2, 0.25) is 6.32 Å². The molecule has 4 nitrogen and oxygen atoms in total. The summed E-state index contributed by atoms with van der Waals surface area (Å²) in [5.74, 6) is 0.133. The second-order valence-corrected chi connectivity index (χ2v) is 2.44.